The van der Waals surface area contributed by atoms with Gasteiger partial charge >= 0.3 is 12.0 Å². The molecule has 1 unspecified atom stereocenters. The third kappa shape index (κ3) is 6.48. The maximum Gasteiger partial charge on any atom is 0.319 e. The van der Waals surface area contributed by atoms with Gasteiger partial charge < -0.3 is 20.5 Å². The first kappa shape index (κ1) is 17.3. The van der Waals surface area contributed by atoms with Gasteiger partial charge in [-0.2, -0.15) is 0 Å². The van der Waals surface area contributed by atoms with Crippen molar-refractivity contribution in [1.82, 2.24) is 5.32 Å². The molecule has 0 aromatic heterocycles. The first-order chi connectivity index (χ1) is 9.92. The van der Waals surface area contributed by atoms with Crippen LogP contribution < -0.4 is 15.4 Å². The van der Waals surface area contributed by atoms with Crippen molar-refractivity contribution in [3.8, 4) is 5.75 Å². The first-order valence-electron chi connectivity index (χ1n) is 6.55. The van der Waals surface area contributed by atoms with E-state index in [1.807, 2.05) is 6.92 Å². The maximum atomic E-state index is 11.8. The van der Waals surface area contributed by atoms with Crippen molar-refractivity contribution in [3.05, 3.63) is 22.7 Å². The van der Waals surface area contributed by atoms with Gasteiger partial charge in [0.05, 0.1) is 11.6 Å². The Hall–Kier alpha value is -1.76. The molecule has 2 amide bonds. The van der Waals surface area contributed by atoms with E-state index < -0.39 is 5.97 Å². The highest BCUT2D eigenvalue weighted by atomic mass is 79.9. The molecular weight excluding hydrogens is 340 g/mol. The molecule has 0 saturated carbocycles. The quantitative estimate of drug-likeness (QED) is 0.698. The van der Waals surface area contributed by atoms with Gasteiger partial charge in [0.2, 0.25) is 0 Å². The van der Waals surface area contributed by atoms with Crippen LogP contribution >= 0.6 is 15.9 Å². The standard InChI is InChI=1S/C14H19BrN2O4/c1-9(4-3-5-13(18)19)16-14(20)17-10-6-7-11(15)12(8-10)21-2/h6-9H,3-5H2,1-2H3,(H,18,19)(H2,16,17,20). The van der Waals surface area contributed by atoms with Crippen LogP contribution in [0.4, 0.5) is 10.5 Å². The molecule has 0 radical (unpaired) electrons. The molecule has 0 bridgehead atoms. The van der Waals surface area contributed by atoms with Crippen molar-refractivity contribution in [2.24, 2.45) is 0 Å². The zero-order valence-electron chi connectivity index (χ0n) is 12.0. The molecule has 1 aromatic carbocycles. The van der Waals surface area contributed by atoms with E-state index in [0.717, 1.165) is 4.47 Å². The Bertz CT molecular complexity index is 508. The number of carboxylic acids is 1. The van der Waals surface area contributed by atoms with Crippen molar-refractivity contribution >= 4 is 33.6 Å². The summed E-state index contributed by atoms with van der Waals surface area (Å²) in [7, 11) is 1.55. The normalized spacial score (nSPS) is 11.6. The highest BCUT2D eigenvalue weighted by molar-refractivity contribution is 9.10. The molecule has 1 rings (SSSR count). The number of nitrogens with one attached hydrogen (secondary N) is 2. The van der Waals surface area contributed by atoms with Crippen LogP contribution in [-0.2, 0) is 4.79 Å². The van der Waals surface area contributed by atoms with Gasteiger partial charge in [-0.25, -0.2) is 4.79 Å². The number of methoxy groups -OCH3 is 1. The zero-order chi connectivity index (χ0) is 15.8. The molecule has 0 spiro atoms. The van der Waals surface area contributed by atoms with Gasteiger partial charge in [0.15, 0.2) is 0 Å². The SMILES string of the molecule is COc1cc(NC(=O)NC(C)CCCC(=O)O)ccc1Br. The van der Waals surface area contributed by atoms with Gasteiger partial charge in [0.25, 0.3) is 0 Å². The van der Waals surface area contributed by atoms with Crippen LogP contribution in [0.25, 0.3) is 0 Å². The van der Waals surface area contributed by atoms with Gasteiger partial charge in [-0.3, -0.25) is 4.79 Å². The second kappa shape index (κ2) is 8.51. The summed E-state index contributed by atoms with van der Waals surface area (Å²) in [6, 6.07) is 4.81. The number of ether oxygens (including phenoxy) is 1. The molecule has 116 valence electrons. The number of amides is 2. The predicted octanol–water partition coefficient (Wildman–Crippen LogP) is 3.22. The second-order valence-electron chi connectivity index (χ2n) is 4.63. The monoisotopic (exact) mass is 358 g/mol. The second-order valence-corrected chi connectivity index (χ2v) is 5.49. The topological polar surface area (TPSA) is 87.7 Å². The van der Waals surface area contributed by atoms with E-state index >= 15 is 0 Å². The fourth-order valence-corrected chi connectivity index (χ4v) is 2.17. The molecule has 6 nitrogen and oxygen atoms in total. The third-order valence-electron chi connectivity index (χ3n) is 2.81. The zero-order valence-corrected chi connectivity index (χ0v) is 13.6. The van der Waals surface area contributed by atoms with E-state index in [2.05, 4.69) is 26.6 Å². The van der Waals surface area contributed by atoms with E-state index in [4.69, 9.17) is 9.84 Å². The van der Waals surface area contributed by atoms with E-state index in [9.17, 15) is 9.59 Å². The minimum absolute atomic E-state index is 0.0957. The number of carboxylic acid groups (broad SMARTS) is 1. The number of aliphatic carboxylic acids is 1. The predicted molar refractivity (Wildman–Crippen MR) is 83.8 cm³/mol. The summed E-state index contributed by atoms with van der Waals surface area (Å²) in [5.74, 6) is -0.198. The lowest BCUT2D eigenvalue weighted by atomic mass is 10.1. The van der Waals surface area contributed by atoms with Gasteiger partial charge in [-0.1, -0.05) is 0 Å². The third-order valence-corrected chi connectivity index (χ3v) is 3.47. The fraction of sp³-hybridized carbons (Fsp3) is 0.429. The average Bonchev–Trinajstić information content (AvgIpc) is 2.40. The summed E-state index contributed by atoms with van der Waals surface area (Å²) < 4.78 is 5.95. The minimum atomic E-state index is -0.825. The Labute approximate surface area is 132 Å². The van der Waals surface area contributed by atoms with Crippen LogP contribution in [0.3, 0.4) is 0 Å². The highest BCUT2D eigenvalue weighted by Gasteiger charge is 2.09. The number of rotatable bonds is 7. The van der Waals surface area contributed by atoms with Crippen molar-refractivity contribution in [3.63, 3.8) is 0 Å². The van der Waals surface area contributed by atoms with Crippen molar-refractivity contribution in [2.45, 2.75) is 32.2 Å². The fourth-order valence-electron chi connectivity index (χ4n) is 1.76. The number of carbonyl (C=O) groups excluding carboxylic acids is 1. The molecule has 0 heterocycles. The van der Waals surface area contributed by atoms with Gasteiger partial charge in [-0.15, -0.1) is 0 Å². The van der Waals surface area contributed by atoms with Gasteiger partial charge in [0, 0.05) is 24.2 Å². The number of anilines is 1. The molecule has 3 N–H and O–H groups in total. The Balaban J connectivity index is 2.44. The summed E-state index contributed by atoms with van der Waals surface area (Å²) in [4.78, 5) is 22.2. The molecule has 0 aliphatic rings. The number of hydrogen-bond donors (Lipinski definition) is 3. The molecule has 0 saturated heterocycles. The van der Waals surface area contributed by atoms with Crippen molar-refractivity contribution in [1.29, 1.82) is 0 Å². The Morgan fingerprint density at radius 3 is 2.76 bits per heavy atom. The van der Waals surface area contributed by atoms with Crippen LogP contribution in [0.1, 0.15) is 26.2 Å². The summed E-state index contributed by atoms with van der Waals surface area (Å²) in [6.07, 6.45) is 1.25. The molecular formula is C14H19BrN2O4. The van der Waals surface area contributed by atoms with E-state index in [1.54, 1.807) is 25.3 Å². The highest BCUT2D eigenvalue weighted by Crippen LogP contribution is 2.27. The summed E-state index contributed by atoms with van der Waals surface area (Å²) in [5, 5.41) is 14.0. The molecule has 21 heavy (non-hydrogen) atoms. The lowest BCUT2D eigenvalue weighted by Gasteiger charge is -2.14. The molecule has 1 aromatic rings. The largest absolute Gasteiger partial charge is 0.495 e. The van der Waals surface area contributed by atoms with Gasteiger partial charge in [-0.05, 0) is 47.8 Å². The van der Waals surface area contributed by atoms with Crippen molar-refractivity contribution < 1.29 is 19.4 Å². The average molecular weight is 359 g/mol. The van der Waals surface area contributed by atoms with Crippen LogP contribution in [0.5, 0.6) is 5.75 Å². The molecule has 0 aliphatic heterocycles. The molecule has 0 fully saturated rings. The molecule has 7 heteroatoms. The Kier molecular flexibility index (Phi) is 7.01. The number of halogens is 1. The summed E-state index contributed by atoms with van der Waals surface area (Å²) in [6.45, 7) is 1.84. The summed E-state index contributed by atoms with van der Waals surface area (Å²) in [5.41, 5.74) is 0.616. The van der Waals surface area contributed by atoms with Crippen molar-refractivity contribution in [2.75, 3.05) is 12.4 Å². The minimum Gasteiger partial charge on any atom is -0.495 e. The first-order valence-corrected chi connectivity index (χ1v) is 7.34. The van der Waals surface area contributed by atoms with Crippen LogP contribution in [0.2, 0.25) is 0 Å². The van der Waals surface area contributed by atoms with E-state index in [0.29, 0.717) is 24.3 Å². The lowest BCUT2D eigenvalue weighted by molar-refractivity contribution is -0.137. The smallest absolute Gasteiger partial charge is 0.319 e. The molecule has 1 atom stereocenters. The Morgan fingerprint density at radius 2 is 2.14 bits per heavy atom. The lowest BCUT2D eigenvalue weighted by Crippen LogP contribution is -2.36. The Morgan fingerprint density at radius 1 is 1.43 bits per heavy atom. The number of urea groups is 1. The van der Waals surface area contributed by atoms with Crippen LogP contribution in [0.15, 0.2) is 22.7 Å². The van der Waals surface area contributed by atoms with Crippen LogP contribution in [0, 0.1) is 0 Å². The molecule has 0 aliphatic carbocycles. The number of benzene rings is 1. The van der Waals surface area contributed by atoms with E-state index in [1.165, 1.54) is 0 Å². The van der Waals surface area contributed by atoms with Crippen LogP contribution in [-0.4, -0.2) is 30.3 Å². The van der Waals surface area contributed by atoms with E-state index in [-0.39, 0.29) is 18.5 Å². The number of carbonyl (C=O) groups is 2. The summed E-state index contributed by atoms with van der Waals surface area (Å²) >= 11 is 3.34. The van der Waals surface area contributed by atoms with Gasteiger partial charge in [0.1, 0.15) is 5.75 Å². The maximum absolute atomic E-state index is 11.8. The number of hydrogen-bond acceptors (Lipinski definition) is 3.